The first-order chi connectivity index (χ1) is 22.3. The zero-order valence-corrected chi connectivity index (χ0v) is 25.4. The second kappa shape index (κ2) is 16.9. The van der Waals surface area contributed by atoms with Crippen LogP contribution in [0.2, 0.25) is 0 Å². The molecule has 0 aromatic heterocycles. The Morgan fingerprint density at radius 1 is 0.404 bits per heavy atom. The van der Waals surface area contributed by atoms with Crippen molar-refractivity contribution in [2.75, 3.05) is 40.6 Å². The summed E-state index contributed by atoms with van der Waals surface area (Å²) in [6, 6.07) is 0. The van der Waals surface area contributed by atoms with Gasteiger partial charge in [0.2, 0.25) is 0 Å². The van der Waals surface area contributed by atoms with E-state index < -0.39 is 149 Å². The average molecular weight is 695 g/mol. The highest BCUT2D eigenvalue weighted by Crippen LogP contribution is 2.34. The summed E-state index contributed by atoms with van der Waals surface area (Å²) in [6.07, 6.45) is -32.8. The fourth-order valence-electron chi connectivity index (χ4n) is 5.90. The quantitative estimate of drug-likeness (QED) is 0.0902. The minimum absolute atomic E-state index is 0.679. The predicted molar refractivity (Wildman–Crippen MR) is 143 cm³/mol. The normalized spacial score (nSPS) is 51.2. The molecule has 4 saturated heterocycles. The van der Waals surface area contributed by atoms with Gasteiger partial charge in [0.1, 0.15) is 97.7 Å². The molecule has 0 bridgehead atoms. The van der Waals surface area contributed by atoms with Crippen LogP contribution in [0.4, 0.5) is 0 Å². The summed E-state index contributed by atoms with van der Waals surface area (Å²) >= 11 is 0. The van der Waals surface area contributed by atoms with Gasteiger partial charge in [-0.1, -0.05) is 0 Å². The summed E-state index contributed by atoms with van der Waals surface area (Å²) in [7, 11) is 2.39. The first kappa shape index (κ1) is 39.0. The molecule has 4 aliphatic heterocycles. The van der Waals surface area contributed by atoms with Gasteiger partial charge in [-0.05, 0) is 0 Å². The first-order valence-corrected chi connectivity index (χ1v) is 14.9. The van der Waals surface area contributed by atoms with Gasteiger partial charge < -0.3 is 104 Å². The summed E-state index contributed by atoms with van der Waals surface area (Å²) in [5.41, 5.74) is 0. The van der Waals surface area contributed by atoms with Crippen molar-refractivity contribution in [2.45, 2.75) is 123 Å². The molecule has 21 heteroatoms. The van der Waals surface area contributed by atoms with E-state index in [9.17, 15) is 61.3 Å². The SMILES string of the molecule is CO[C@H]1OC(CO)[C@@H](O[C@H]2OC(CO[C@H]3OC(CO)[C@@H](O)[C@H](O)C3O)[C@@H](O[C@H]3OC(CO)[C@@H](OC)[C@H](O)C3O)[C@H](O)C2O)[C@H](O)C1O. The van der Waals surface area contributed by atoms with Crippen LogP contribution in [0.3, 0.4) is 0 Å². The zero-order valence-electron chi connectivity index (χ0n) is 25.4. The second-order valence-electron chi connectivity index (χ2n) is 11.6. The molecule has 0 amide bonds. The molecule has 0 aromatic rings. The number of methoxy groups -OCH3 is 2. The molecule has 276 valence electrons. The molecule has 12 N–H and O–H groups in total. The number of ether oxygens (including phenoxy) is 9. The van der Waals surface area contributed by atoms with Crippen LogP contribution in [0.25, 0.3) is 0 Å². The molecule has 0 spiro atoms. The molecule has 8 unspecified atom stereocenters. The third-order valence-corrected chi connectivity index (χ3v) is 8.64. The topological polar surface area (TPSA) is 326 Å². The van der Waals surface area contributed by atoms with Gasteiger partial charge in [-0.2, -0.15) is 0 Å². The molecule has 0 aromatic carbocycles. The highest BCUT2D eigenvalue weighted by Gasteiger charge is 2.54. The third-order valence-electron chi connectivity index (χ3n) is 8.64. The number of hydrogen-bond donors (Lipinski definition) is 12. The molecular weight excluding hydrogens is 648 g/mol. The van der Waals surface area contributed by atoms with Crippen LogP contribution in [-0.4, -0.2) is 225 Å². The van der Waals surface area contributed by atoms with Gasteiger partial charge in [0.05, 0.1) is 26.4 Å². The van der Waals surface area contributed by atoms with Gasteiger partial charge >= 0.3 is 0 Å². The minimum atomic E-state index is -2.00. The first-order valence-electron chi connectivity index (χ1n) is 14.9. The van der Waals surface area contributed by atoms with E-state index in [1.54, 1.807) is 0 Å². The van der Waals surface area contributed by atoms with Gasteiger partial charge in [-0.3, -0.25) is 0 Å². The molecule has 4 fully saturated rings. The molecule has 20 atom stereocenters. The number of aliphatic hydroxyl groups is 12. The maximum Gasteiger partial charge on any atom is 0.187 e. The molecule has 4 aliphatic rings. The predicted octanol–water partition coefficient (Wildman–Crippen LogP) is -8.44. The Balaban J connectivity index is 1.57. The molecular formula is C26H46O21. The Morgan fingerprint density at radius 3 is 1.32 bits per heavy atom. The summed E-state index contributed by atoms with van der Waals surface area (Å²) in [4.78, 5) is 0. The summed E-state index contributed by atoms with van der Waals surface area (Å²) in [5, 5.41) is 124. The lowest BCUT2D eigenvalue weighted by Crippen LogP contribution is -2.67. The third kappa shape index (κ3) is 8.06. The standard InChI is InChI=1S/C26H46O21/c1-39-20-8(4-28)44-25(18(37)13(20)32)47-22-10(6-41-24-16(35)12(31)11(30)7(3-27)42-24)45-26(19(38)15(22)34)46-21-9(5-29)43-23(40-2)17(36)14(21)33/h7-38H,3-6H2,1-2H3/t7?,8?,9?,10?,11-,12+,13-,14-,15-,16?,17?,18?,19?,20-,21-,22-,23+,24+,25-,26-/m1/s1. The lowest BCUT2D eigenvalue weighted by Gasteiger charge is -2.48. The Morgan fingerprint density at radius 2 is 0.809 bits per heavy atom. The van der Waals surface area contributed by atoms with Crippen LogP contribution < -0.4 is 0 Å². The van der Waals surface area contributed by atoms with Gasteiger partial charge in [0.25, 0.3) is 0 Å². The van der Waals surface area contributed by atoms with E-state index in [2.05, 4.69) is 0 Å². The Bertz CT molecular complexity index is 944. The maximum absolute atomic E-state index is 11.2. The van der Waals surface area contributed by atoms with Gasteiger partial charge in [0, 0.05) is 14.2 Å². The molecule has 4 heterocycles. The molecule has 0 radical (unpaired) electrons. The van der Waals surface area contributed by atoms with Crippen LogP contribution in [0, 0.1) is 0 Å². The molecule has 0 saturated carbocycles. The van der Waals surface area contributed by atoms with Crippen LogP contribution in [0.15, 0.2) is 0 Å². The van der Waals surface area contributed by atoms with Crippen molar-refractivity contribution in [3.8, 4) is 0 Å². The molecule has 47 heavy (non-hydrogen) atoms. The smallest absolute Gasteiger partial charge is 0.187 e. The number of aliphatic hydroxyl groups excluding tert-OH is 12. The van der Waals surface area contributed by atoms with Crippen LogP contribution in [-0.2, 0) is 42.6 Å². The van der Waals surface area contributed by atoms with Crippen molar-refractivity contribution in [1.29, 1.82) is 0 Å². The van der Waals surface area contributed by atoms with E-state index in [-0.39, 0.29) is 0 Å². The van der Waals surface area contributed by atoms with E-state index in [0.29, 0.717) is 0 Å². The van der Waals surface area contributed by atoms with Crippen molar-refractivity contribution in [3.63, 3.8) is 0 Å². The Labute approximate surface area is 267 Å². The summed E-state index contributed by atoms with van der Waals surface area (Å²) < 4.78 is 49.2. The largest absolute Gasteiger partial charge is 0.394 e. The summed E-state index contributed by atoms with van der Waals surface area (Å²) in [6.45, 7) is -2.91. The monoisotopic (exact) mass is 694 g/mol. The van der Waals surface area contributed by atoms with E-state index in [1.807, 2.05) is 0 Å². The fourth-order valence-corrected chi connectivity index (χ4v) is 5.90. The average Bonchev–Trinajstić information content (AvgIpc) is 3.07. The van der Waals surface area contributed by atoms with Crippen LogP contribution in [0.5, 0.6) is 0 Å². The Hall–Kier alpha value is -0.840. The minimum Gasteiger partial charge on any atom is -0.394 e. The molecule has 4 rings (SSSR count). The number of rotatable bonds is 12. The van der Waals surface area contributed by atoms with Gasteiger partial charge in [-0.25, -0.2) is 0 Å². The van der Waals surface area contributed by atoms with E-state index in [4.69, 9.17) is 42.6 Å². The van der Waals surface area contributed by atoms with Crippen molar-refractivity contribution in [3.05, 3.63) is 0 Å². The van der Waals surface area contributed by atoms with E-state index in [0.717, 1.165) is 0 Å². The highest BCUT2D eigenvalue weighted by molar-refractivity contribution is 4.97. The lowest BCUT2D eigenvalue weighted by molar-refractivity contribution is -0.384. The van der Waals surface area contributed by atoms with E-state index >= 15 is 0 Å². The maximum atomic E-state index is 11.2. The van der Waals surface area contributed by atoms with Gasteiger partial charge in [-0.15, -0.1) is 0 Å². The zero-order chi connectivity index (χ0) is 34.7. The fraction of sp³-hybridized carbons (Fsp3) is 1.00. The second-order valence-corrected chi connectivity index (χ2v) is 11.6. The Kier molecular flexibility index (Phi) is 14.0. The number of hydrogen-bond acceptors (Lipinski definition) is 21. The molecule has 0 aliphatic carbocycles. The van der Waals surface area contributed by atoms with Crippen molar-refractivity contribution >= 4 is 0 Å². The van der Waals surface area contributed by atoms with E-state index in [1.165, 1.54) is 14.2 Å². The van der Waals surface area contributed by atoms with Crippen LogP contribution in [0.1, 0.15) is 0 Å². The van der Waals surface area contributed by atoms with Crippen molar-refractivity contribution < 1.29 is 104 Å². The van der Waals surface area contributed by atoms with Crippen molar-refractivity contribution in [1.82, 2.24) is 0 Å². The lowest BCUT2D eigenvalue weighted by atomic mass is 9.96. The van der Waals surface area contributed by atoms with Gasteiger partial charge in [0.15, 0.2) is 25.2 Å². The summed E-state index contributed by atoms with van der Waals surface area (Å²) in [5.74, 6) is 0. The highest BCUT2D eigenvalue weighted by atomic mass is 16.8. The molecule has 21 nitrogen and oxygen atoms in total. The van der Waals surface area contributed by atoms with Crippen molar-refractivity contribution in [2.24, 2.45) is 0 Å². The van der Waals surface area contributed by atoms with Crippen LogP contribution >= 0.6 is 0 Å².